The molecule has 1 unspecified atom stereocenters. The van der Waals surface area contributed by atoms with Crippen molar-refractivity contribution in [3.05, 3.63) is 12.4 Å². The molecule has 0 fully saturated rings. The number of hydrogen-bond donors (Lipinski definition) is 3. The highest BCUT2D eigenvalue weighted by molar-refractivity contribution is 5.68. The van der Waals surface area contributed by atoms with Gasteiger partial charge in [-0.25, -0.2) is 9.97 Å². The van der Waals surface area contributed by atoms with Gasteiger partial charge in [-0.15, -0.1) is 0 Å². The first-order chi connectivity index (χ1) is 7.11. The molecule has 0 aliphatic carbocycles. The Morgan fingerprint density at radius 3 is 2.80 bits per heavy atom. The van der Waals surface area contributed by atoms with E-state index in [0.29, 0.717) is 11.6 Å². The number of rotatable bonds is 5. The molecule has 1 aromatic rings. The van der Waals surface area contributed by atoms with Crippen LogP contribution in [0.1, 0.15) is 13.3 Å². The van der Waals surface area contributed by atoms with Gasteiger partial charge in [0, 0.05) is 19.2 Å². The van der Waals surface area contributed by atoms with Crippen LogP contribution in [0.15, 0.2) is 12.4 Å². The van der Waals surface area contributed by atoms with E-state index in [1.165, 1.54) is 6.33 Å². The predicted molar refractivity (Wildman–Crippen MR) is 56.9 cm³/mol. The molecular weight excluding hydrogens is 196 g/mol. The lowest BCUT2D eigenvalue weighted by Crippen LogP contribution is -2.20. The van der Waals surface area contributed by atoms with E-state index >= 15 is 0 Å². The Morgan fingerprint density at radius 2 is 2.20 bits per heavy atom. The lowest BCUT2D eigenvalue weighted by atomic mass is 10.2. The quantitative estimate of drug-likeness (QED) is 0.666. The van der Waals surface area contributed by atoms with Crippen LogP contribution in [-0.4, -0.2) is 34.1 Å². The van der Waals surface area contributed by atoms with Crippen LogP contribution < -0.4 is 10.6 Å². The highest BCUT2D eigenvalue weighted by atomic mass is 16.4. The van der Waals surface area contributed by atoms with E-state index in [0.717, 1.165) is 0 Å². The molecule has 15 heavy (non-hydrogen) atoms. The molecule has 82 valence electrons. The largest absolute Gasteiger partial charge is 0.481 e. The molecule has 0 radical (unpaired) electrons. The fraction of sp³-hybridized carbons (Fsp3) is 0.444. The second-order valence-corrected chi connectivity index (χ2v) is 3.18. The van der Waals surface area contributed by atoms with Crippen molar-refractivity contribution in [2.24, 2.45) is 0 Å². The number of aliphatic carboxylic acids is 1. The second-order valence-electron chi connectivity index (χ2n) is 3.18. The molecule has 1 atom stereocenters. The average Bonchev–Trinajstić information content (AvgIpc) is 2.16. The van der Waals surface area contributed by atoms with Crippen molar-refractivity contribution in [2.75, 3.05) is 17.7 Å². The van der Waals surface area contributed by atoms with Gasteiger partial charge in [-0.1, -0.05) is 0 Å². The maximum atomic E-state index is 10.4. The minimum absolute atomic E-state index is 0.0545. The van der Waals surface area contributed by atoms with Crippen LogP contribution in [0.2, 0.25) is 0 Å². The fourth-order valence-corrected chi connectivity index (χ4v) is 1.14. The zero-order valence-corrected chi connectivity index (χ0v) is 8.69. The zero-order chi connectivity index (χ0) is 11.3. The maximum absolute atomic E-state index is 10.4. The number of carboxylic acid groups (broad SMARTS) is 1. The lowest BCUT2D eigenvalue weighted by molar-refractivity contribution is -0.137. The first kappa shape index (κ1) is 11.2. The van der Waals surface area contributed by atoms with Gasteiger partial charge in [0.25, 0.3) is 0 Å². The normalized spacial score (nSPS) is 11.9. The summed E-state index contributed by atoms with van der Waals surface area (Å²) in [5.74, 6) is 0.469. The number of carboxylic acids is 1. The Labute approximate surface area is 87.8 Å². The lowest BCUT2D eigenvalue weighted by Gasteiger charge is -2.12. The molecule has 0 saturated heterocycles. The van der Waals surface area contributed by atoms with Gasteiger partial charge in [0.15, 0.2) is 0 Å². The van der Waals surface area contributed by atoms with Crippen molar-refractivity contribution in [3.63, 3.8) is 0 Å². The van der Waals surface area contributed by atoms with Crippen molar-refractivity contribution in [1.82, 2.24) is 9.97 Å². The van der Waals surface area contributed by atoms with Gasteiger partial charge in [0.2, 0.25) is 0 Å². The number of nitrogens with zero attached hydrogens (tertiary/aromatic N) is 2. The van der Waals surface area contributed by atoms with E-state index < -0.39 is 5.97 Å². The second kappa shape index (κ2) is 5.14. The summed E-state index contributed by atoms with van der Waals surface area (Å²) in [6.07, 6.45) is 1.47. The third kappa shape index (κ3) is 3.80. The van der Waals surface area contributed by atoms with E-state index in [1.807, 2.05) is 0 Å². The van der Waals surface area contributed by atoms with Gasteiger partial charge in [-0.2, -0.15) is 0 Å². The summed E-state index contributed by atoms with van der Waals surface area (Å²) >= 11 is 0. The van der Waals surface area contributed by atoms with Crippen LogP contribution in [0, 0.1) is 0 Å². The van der Waals surface area contributed by atoms with Crippen LogP contribution in [0.3, 0.4) is 0 Å². The van der Waals surface area contributed by atoms with Gasteiger partial charge < -0.3 is 15.7 Å². The van der Waals surface area contributed by atoms with Crippen LogP contribution in [0.5, 0.6) is 0 Å². The van der Waals surface area contributed by atoms with Crippen LogP contribution in [0.25, 0.3) is 0 Å². The summed E-state index contributed by atoms with van der Waals surface area (Å²) in [6.45, 7) is 1.79. The summed E-state index contributed by atoms with van der Waals surface area (Å²) < 4.78 is 0. The van der Waals surface area contributed by atoms with Gasteiger partial charge >= 0.3 is 5.97 Å². The van der Waals surface area contributed by atoms with Crippen molar-refractivity contribution < 1.29 is 9.90 Å². The standard InChI is InChI=1S/C9H14N4O2/c1-6(3-9(14)15)13-8-4-7(10-2)11-5-12-8/h4-6H,3H2,1-2H3,(H,14,15)(H2,10,11,12,13). The third-order valence-corrected chi connectivity index (χ3v) is 1.80. The minimum atomic E-state index is -0.835. The Kier molecular flexibility index (Phi) is 3.84. The van der Waals surface area contributed by atoms with Gasteiger partial charge in [-0.05, 0) is 6.92 Å². The summed E-state index contributed by atoms with van der Waals surface area (Å²) in [5.41, 5.74) is 0. The summed E-state index contributed by atoms with van der Waals surface area (Å²) in [5, 5.41) is 14.4. The number of nitrogens with one attached hydrogen (secondary N) is 2. The van der Waals surface area contributed by atoms with E-state index in [-0.39, 0.29) is 12.5 Å². The molecule has 0 spiro atoms. The summed E-state index contributed by atoms with van der Waals surface area (Å²) in [4.78, 5) is 18.4. The molecule has 0 aliphatic heterocycles. The highest BCUT2D eigenvalue weighted by Crippen LogP contribution is 2.09. The number of aromatic nitrogens is 2. The molecular formula is C9H14N4O2. The van der Waals surface area contributed by atoms with E-state index in [2.05, 4.69) is 20.6 Å². The SMILES string of the molecule is CNc1cc(NC(C)CC(=O)O)ncn1. The molecule has 0 aromatic carbocycles. The predicted octanol–water partition coefficient (Wildman–Crippen LogP) is 0.793. The zero-order valence-electron chi connectivity index (χ0n) is 8.69. The average molecular weight is 210 g/mol. The molecule has 1 heterocycles. The highest BCUT2D eigenvalue weighted by Gasteiger charge is 2.07. The first-order valence-corrected chi connectivity index (χ1v) is 4.60. The van der Waals surface area contributed by atoms with Crippen molar-refractivity contribution in [1.29, 1.82) is 0 Å². The monoisotopic (exact) mass is 210 g/mol. The van der Waals surface area contributed by atoms with Gasteiger partial charge in [-0.3, -0.25) is 4.79 Å². The van der Waals surface area contributed by atoms with Gasteiger partial charge in [0.1, 0.15) is 18.0 Å². The van der Waals surface area contributed by atoms with Crippen molar-refractivity contribution >= 4 is 17.6 Å². The summed E-state index contributed by atoms with van der Waals surface area (Å²) in [6, 6.07) is 1.56. The molecule has 0 aliphatic rings. The Morgan fingerprint density at radius 1 is 1.53 bits per heavy atom. The molecule has 1 rings (SSSR count). The number of hydrogen-bond acceptors (Lipinski definition) is 5. The van der Waals surface area contributed by atoms with Crippen LogP contribution >= 0.6 is 0 Å². The Balaban J connectivity index is 2.59. The molecule has 3 N–H and O–H groups in total. The summed E-state index contributed by atoms with van der Waals surface area (Å²) in [7, 11) is 1.76. The van der Waals surface area contributed by atoms with E-state index in [1.54, 1.807) is 20.0 Å². The van der Waals surface area contributed by atoms with E-state index in [4.69, 9.17) is 5.11 Å². The van der Waals surface area contributed by atoms with Crippen LogP contribution in [-0.2, 0) is 4.79 Å². The first-order valence-electron chi connectivity index (χ1n) is 4.60. The third-order valence-electron chi connectivity index (χ3n) is 1.80. The number of anilines is 2. The molecule has 6 heteroatoms. The van der Waals surface area contributed by atoms with Gasteiger partial charge in [0.05, 0.1) is 6.42 Å². The fourth-order valence-electron chi connectivity index (χ4n) is 1.14. The Hall–Kier alpha value is -1.85. The van der Waals surface area contributed by atoms with Crippen molar-refractivity contribution in [3.8, 4) is 0 Å². The molecule has 0 bridgehead atoms. The minimum Gasteiger partial charge on any atom is -0.481 e. The van der Waals surface area contributed by atoms with Crippen LogP contribution in [0.4, 0.5) is 11.6 Å². The number of carbonyl (C=O) groups is 1. The van der Waals surface area contributed by atoms with Crippen molar-refractivity contribution in [2.45, 2.75) is 19.4 Å². The topological polar surface area (TPSA) is 87.1 Å². The van der Waals surface area contributed by atoms with E-state index in [9.17, 15) is 4.79 Å². The smallest absolute Gasteiger partial charge is 0.305 e. The molecule has 1 aromatic heterocycles. The Bertz CT molecular complexity index is 343. The molecule has 0 saturated carbocycles. The maximum Gasteiger partial charge on any atom is 0.305 e. The molecule has 0 amide bonds. The molecule has 6 nitrogen and oxygen atoms in total.